The van der Waals surface area contributed by atoms with Crippen molar-refractivity contribution in [2.45, 2.75) is 26.2 Å². The Labute approximate surface area is 111 Å². The summed E-state index contributed by atoms with van der Waals surface area (Å²) < 4.78 is 27.0. The van der Waals surface area contributed by atoms with Gasteiger partial charge in [0.1, 0.15) is 5.82 Å². The number of carbonyl (C=O) groups is 1. The lowest BCUT2D eigenvalue weighted by Gasteiger charge is -2.17. The highest BCUT2D eigenvalue weighted by Crippen LogP contribution is 2.25. The molecule has 1 heterocycles. The fraction of sp³-hybridized carbons (Fsp3) is 0.500. The van der Waals surface area contributed by atoms with Crippen molar-refractivity contribution in [3.05, 3.63) is 29.3 Å². The summed E-state index contributed by atoms with van der Waals surface area (Å²) in [6, 6.07) is 1.80. The number of rotatable bonds is 3. The lowest BCUT2D eigenvalue weighted by atomic mass is 10.0. The van der Waals surface area contributed by atoms with Gasteiger partial charge in [-0.1, -0.05) is 13.3 Å². The molecule has 0 aliphatic carbocycles. The molecule has 1 unspecified atom stereocenters. The smallest absolute Gasteiger partial charge is 0.257 e. The number of hydrogen-bond acceptors (Lipinski definition) is 2. The molecule has 1 aromatic rings. The van der Waals surface area contributed by atoms with E-state index in [1.165, 1.54) is 0 Å². The predicted molar refractivity (Wildman–Crippen MR) is 69.7 cm³/mol. The van der Waals surface area contributed by atoms with E-state index < -0.39 is 17.5 Å². The fourth-order valence-corrected chi connectivity index (χ4v) is 2.60. The minimum absolute atomic E-state index is 0.269. The summed E-state index contributed by atoms with van der Waals surface area (Å²) in [7, 11) is 0. The molecule has 2 N–H and O–H groups in total. The number of likely N-dealkylation sites (tertiary alicyclic amines) is 1. The molecular weight excluding hydrogens is 250 g/mol. The molecule has 1 fully saturated rings. The summed E-state index contributed by atoms with van der Waals surface area (Å²) in [6.07, 6.45) is 3.04. The first kappa shape index (κ1) is 13.8. The van der Waals surface area contributed by atoms with Crippen LogP contribution in [0.15, 0.2) is 12.1 Å². The number of benzene rings is 1. The van der Waals surface area contributed by atoms with Crippen LogP contribution >= 0.6 is 0 Å². The summed E-state index contributed by atoms with van der Waals surface area (Å²) in [5.41, 5.74) is 4.75. The van der Waals surface area contributed by atoms with Gasteiger partial charge in [-0.3, -0.25) is 4.79 Å². The van der Waals surface area contributed by atoms with Crippen molar-refractivity contribution in [1.82, 2.24) is 4.90 Å². The van der Waals surface area contributed by atoms with Gasteiger partial charge in [0.05, 0.1) is 11.3 Å². The van der Waals surface area contributed by atoms with Crippen LogP contribution in [-0.4, -0.2) is 23.9 Å². The van der Waals surface area contributed by atoms with Gasteiger partial charge in [-0.25, -0.2) is 8.78 Å². The van der Waals surface area contributed by atoms with Gasteiger partial charge in [-0.05, 0) is 30.9 Å². The largest absolute Gasteiger partial charge is 0.396 e. The van der Waals surface area contributed by atoms with Gasteiger partial charge in [0.25, 0.3) is 5.91 Å². The average Bonchev–Trinajstić information content (AvgIpc) is 2.82. The number of carbonyl (C=O) groups excluding carboxylic acids is 1. The number of amides is 1. The van der Waals surface area contributed by atoms with Crippen LogP contribution in [0, 0.1) is 17.6 Å². The Morgan fingerprint density at radius 3 is 2.89 bits per heavy atom. The molecule has 1 amide bonds. The van der Waals surface area contributed by atoms with Crippen LogP contribution in [-0.2, 0) is 0 Å². The van der Waals surface area contributed by atoms with Gasteiger partial charge in [-0.2, -0.15) is 0 Å². The predicted octanol–water partition coefficient (Wildman–Crippen LogP) is 2.81. The third kappa shape index (κ3) is 2.85. The highest BCUT2D eigenvalue weighted by molar-refractivity contribution is 5.95. The third-order valence-corrected chi connectivity index (χ3v) is 3.57. The first-order valence-corrected chi connectivity index (χ1v) is 6.56. The van der Waals surface area contributed by atoms with E-state index in [0.717, 1.165) is 31.4 Å². The molecule has 2 rings (SSSR count). The number of halogens is 2. The van der Waals surface area contributed by atoms with E-state index >= 15 is 0 Å². The molecule has 1 aliphatic rings. The second kappa shape index (κ2) is 5.55. The Hall–Kier alpha value is -1.65. The van der Waals surface area contributed by atoms with E-state index in [0.29, 0.717) is 19.0 Å². The summed E-state index contributed by atoms with van der Waals surface area (Å²) >= 11 is 0. The fourth-order valence-electron chi connectivity index (χ4n) is 2.60. The van der Waals surface area contributed by atoms with Gasteiger partial charge in [0, 0.05) is 13.1 Å². The molecule has 0 bridgehead atoms. The van der Waals surface area contributed by atoms with Crippen LogP contribution in [0.1, 0.15) is 36.5 Å². The van der Waals surface area contributed by atoms with Crippen molar-refractivity contribution in [3.8, 4) is 0 Å². The number of hydrogen-bond donors (Lipinski definition) is 1. The molecule has 3 nitrogen and oxygen atoms in total. The molecule has 5 heteroatoms. The molecule has 0 saturated carbocycles. The van der Waals surface area contributed by atoms with Crippen LogP contribution in [0.5, 0.6) is 0 Å². The maximum atomic E-state index is 13.8. The monoisotopic (exact) mass is 268 g/mol. The maximum absolute atomic E-state index is 13.8. The molecule has 0 spiro atoms. The van der Waals surface area contributed by atoms with Crippen LogP contribution in [0.2, 0.25) is 0 Å². The van der Waals surface area contributed by atoms with Gasteiger partial charge in [0.15, 0.2) is 5.82 Å². The lowest BCUT2D eigenvalue weighted by molar-refractivity contribution is 0.0781. The molecule has 1 saturated heterocycles. The number of nitrogens with zero attached hydrogens (tertiary/aromatic N) is 1. The second-order valence-electron chi connectivity index (χ2n) is 5.05. The highest BCUT2D eigenvalue weighted by atomic mass is 19.1. The van der Waals surface area contributed by atoms with E-state index in [1.54, 1.807) is 4.90 Å². The van der Waals surface area contributed by atoms with Crippen molar-refractivity contribution in [2.75, 3.05) is 18.8 Å². The number of nitrogen functional groups attached to an aromatic ring is 1. The van der Waals surface area contributed by atoms with Crippen LogP contribution < -0.4 is 5.73 Å². The molecule has 1 atom stereocenters. The SMILES string of the molecule is CCCC1CCN(C(=O)c2cc(F)cc(N)c2F)C1. The minimum Gasteiger partial charge on any atom is -0.396 e. The molecule has 104 valence electrons. The Balaban J connectivity index is 2.17. The number of anilines is 1. The first-order chi connectivity index (χ1) is 9.02. The minimum atomic E-state index is -0.828. The van der Waals surface area contributed by atoms with Crippen molar-refractivity contribution in [1.29, 1.82) is 0 Å². The zero-order valence-electron chi connectivity index (χ0n) is 11.0. The van der Waals surface area contributed by atoms with E-state index in [9.17, 15) is 13.6 Å². The van der Waals surface area contributed by atoms with Crippen molar-refractivity contribution in [2.24, 2.45) is 5.92 Å². The van der Waals surface area contributed by atoms with Gasteiger partial charge < -0.3 is 10.6 Å². The first-order valence-electron chi connectivity index (χ1n) is 6.56. The van der Waals surface area contributed by atoms with Crippen molar-refractivity contribution < 1.29 is 13.6 Å². The Kier molecular flexibility index (Phi) is 4.02. The molecule has 19 heavy (non-hydrogen) atoms. The molecule has 0 aromatic heterocycles. The highest BCUT2D eigenvalue weighted by Gasteiger charge is 2.28. The van der Waals surface area contributed by atoms with E-state index in [2.05, 4.69) is 6.92 Å². The second-order valence-corrected chi connectivity index (χ2v) is 5.05. The lowest BCUT2D eigenvalue weighted by Crippen LogP contribution is -2.29. The van der Waals surface area contributed by atoms with Crippen LogP contribution in [0.4, 0.5) is 14.5 Å². The summed E-state index contributed by atoms with van der Waals surface area (Å²) in [5, 5.41) is 0. The Morgan fingerprint density at radius 2 is 2.21 bits per heavy atom. The molecule has 1 aliphatic heterocycles. The number of nitrogens with two attached hydrogens (primary N) is 1. The van der Waals surface area contributed by atoms with E-state index in [-0.39, 0.29) is 11.3 Å². The summed E-state index contributed by atoms with van der Waals surface area (Å²) in [5.74, 6) is -1.53. The molecular formula is C14H18F2N2O. The van der Waals surface area contributed by atoms with Gasteiger partial charge >= 0.3 is 0 Å². The Bertz CT molecular complexity index is 491. The zero-order chi connectivity index (χ0) is 14.0. The standard InChI is InChI=1S/C14H18F2N2O/c1-2-3-9-4-5-18(8-9)14(19)11-6-10(15)7-12(17)13(11)16/h6-7,9H,2-5,8,17H2,1H3. The molecule has 1 aromatic carbocycles. The van der Waals surface area contributed by atoms with Crippen molar-refractivity contribution >= 4 is 11.6 Å². The maximum Gasteiger partial charge on any atom is 0.257 e. The summed E-state index contributed by atoms with van der Waals surface area (Å²) in [6.45, 7) is 3.30. The topological polar surface area (TPSA) is 46.3 Å². The molecule has 0 radical (unpaired) electrons. The van der Waals surface area contributed by atoms with Crippen LogP contribution in [0.3, 0.4) is 0 Å². The average molecular weight is 268 g/mol. The Morgan fingerprint density at radius 1 is 1.47 bits per heavy atom. The van der Waals surface area contributed by atoms with E-state index in [1.807, 2.05) is 0 Å². The van der Waals surface area contributed by atoms with E-state index in [4.69, 9.17) is 5.73 Å². The normalized spacial score (nSPS) is 18.9. The van der Waals surface area contributed by atoms with Crippen molar-refractivity contribution in [3.63, 3.8) is 0 Å². The zero-order valence-corrected chi connectivity index (χ0v) is 11.0. The van der Waals surface area contributed by atoms with Gasteiger partial charge in [-0.15, -0.1) is 0 Å². The quantitative estimate of drug-likeness (QED) is 0.857. The summed E-state index contributed by atoms with van der Waals surface area (Å²) in [4.78, 5) is 13.8. The third-order valence-electron chi connectivity index (χ3n) is 3.57. The van der Waals surface area contributed by atoms with Gasteiger partial charge in [0.2, 0.25) is 0 Å². The van der Waals surface area contributed by atoms with Crippen LogP contribution in [0.25, 0.3) is 0 Å².